The Bertz CT molecular complexity index is 1060. The zero-order valence-electron chi connectivity index (χ0n) is 16.9. The first-order chi connectivity index (χ1) is 15.1. The molecule has 158 valence electrons. The van der Waals surface area contributed by atoms with Crippen LogP contribution in [0.2, 0.25) is 0 Å². The van der Waals surface area contributed by atoms with Gasteiger partial charge in [-0.15, -0.1) is 0 Å². The van der Waals surface area contributed by atoms with Crippen molar-refractivity contribution in [3.63, 3.8) is 0 Å². The van der Waals surface area contributed by atoms with Crippen molar-refractivity contribution < 1.29 is 9.59 Å². The van der Waals surface area contributed by atoms with Crippen molar-refractivity contribution in [3.8, 4) is 0 Å². The van der Waals surface area contributed by atoms with Crippen molar-refractivity contribution in [3.05, 3.63) is 82.8 Å². The fourth-order valence-corrected chi connectivity index (χ4v) is 3.82. The molecule has 4 rings (SSSR count). The molecule has 1 aliphatic rings. The Morgan fingerprint density at radius 2 is 1.45 bits per heavy atom. The van der Waals surface area contributed by atoms with E-state index in [0.29, 0.717) is 22.6 Å². The molecular weight excluding hydrogens is 456 g/mol. The molecule has 7 heteroatoms. The molecular formula is C24H23BrN4O2. The van der Waals surface area contributed by atoms with Crippen LogP contribution in [0.5, 0.6) is 0 Å². The summed E-state index contributed by atoms with van der Waals surface area (Å²) in [5, 5.41) is 8.71. The van der Waals surface area contributed by atoms with Crippen LogP contribution in [0.25, 0.3) is 0 Å². The quantitative estimate of drug-likeness (QED) is 0.424. The average Bonchev–Trinajstić information content (AvgIpc) is 3.31. The van der Waals surface area contributed by atoms with Crippen LogP contribution in [-0.4, -0.2) is 25.0 Å². The second-order valence-corrected chi connectivity index (χ2v) is 8.25. The molecule has 0 spiro atoms. The first-order valence-electron chi connectivity index (χ1n) is 10.2. The van der Waals surface area contributed by atoms with Crippen LogP contribution >= 0.6 is 15.9 Å². The number of carbonyl (C=O) groups excluding carboxylic acids is 2. The normalized spacial score (nSPS) is 13.0. The largest absolute Gasteiger partial charge is 0.370 e. The summed E-state index contributed by atoms with van der Waals surface area (Å²) in [5.41, 5.74) is 3.49. The molecule has 0 bridgehead atoms. The summed E-state index contributed by atoms with van der Waals surface area (Å²) in [6.07, 6.45) is 2.24. The van der Waals surface area contributed by atoms with Gasteiger partial charge in [0.25, 0.3) is 5.91 Å². The minimum Gasteiger partial charge on any atom is -0.370 e. The van der Waals surface area contributed by atoms with Gasteiger partial charge in [0.1, 0.15) is 0 Å². The van der Waals surface area contributed by atoms with Gasteiger partial charge in [-0.3, -0.25) is 4.79 Å². The topological polar surface area (TPSA) is 73.5 Å². The van der Waals surface area contributed by atoms with Crippen LogP contribution in [0.4, 0.5) is 27.5 Å². The summed E-state index contributed by atoms with van der Waals surface area (Å²) < 4.78 is 0.941. The monoisotopic (exact) mass is 478 g/mol. The molecule has 0 unspecified atom stereocenters. The van der Waals surface area contributed by atoms with Gasteiger partial charge in [-0.25, -0.2) is 4.79 Å². The predicted octanol–water partition coefficient (Wildman–Crippen LogP) is 5.95. The molecule has 1 aliphatic heterocycles. The summed E-state index contributed by atoms with van der Waals surface area (Å²) in [6.45, 7) is 1.89. The fourth-order valence-electron chi connectivity index (χ4n) is 3.56. The van der Waals surface area contributed by atoms with E-state index >= 15 is 0 Å². The Kier molecular flexibility index (Phi) is 6.52. The first kappa shape index (κ1) is 20.9. The van der Waals surface area contributed by atoms with Crippen molar-refractivity contribution in [1.82, 2.24) is 0 Å². The second kappa shape index (κ2) is 9.66. The molecule has 1 fully saturated rings. The van der Waals surface area contributed by atoms with Gasteiger partial charge in [0.15, 0.2) is 0 Å². The number of nitrogens with zero attached hydrogens (tertiary/aromatic N) is 1. The lowest BCUT2D eigenvalue weighted by Crippen LogP contribution is -2.24. The highest BCUT2D eigenvalue weighted by molar-refractivity contribution is 9.10. The number of amides is 3. The summed E-state index contributed by atoms with van der Waals surface area (Å²) >= 11 is 3.39. The van der Waals surface area contributed by atoms with Gasteiger partial charge >= 0.3 is 6.03 Å². The Labute approximate surface area is 189 Å². The molecule has 1 heterocycles. The molecule has 6 nitrogen and oxygen atoms in total. The Balaban J connectivity index is 1.54. The SMILES string of the molecule is O=C(Nc1ccc(Br)cc1)Nc1cc(NC(=O)c2ccccc2)ccc1N1CCCC1. The number of halogens is 1. The predicted molar refractivity (Wildman–Crippen MR) is 129 cm³/mol. The molecule has 3 amide bonds. The lowest BCUT2D eigenvalue weighted by atomic mass is 10.2. The van der Waals surface area contributed by atoms with E-state index in [2.05, 4.69) is 36.8 Å². The highest BCUT2D eigenvalue weighted by Gasteiger charge is 2.18. The molecule has 0 atom stereocenters. The maximum absolute atomic E-state index is 12.6. The molecule has 3 N–H and O–H groups in total. The number of nitrogens with one attached hydrogen (secondary N) is 3. The zero-order valence-corrected chi connectivity index (χ0v) is 18.5. The van der Waals surface area contributed by atoms with Gasteiger partial charge in [-0.1, -0.05) is 34.1 Å². The number of urea groups is 1. The van der Waals surface area contributed by atoms with Gasteiger partial charge in [-0.2, -0.15) is 0 Å². The van der Waals surface area contributed by atoms with Gasteiger partial charge in [0, 0.05) is 34.5 Å². The van der Waals surface area contributed by atoms with Gasteiger partial charge < -0.3 is 20.9 Å². The molecule has 3 aromatic rings. The van der Waals surface area contributed by atoms with Crippen molar-refractivity contribution in [1.29, 1.82) is 0 Å². The van der Waals surface area contributed by atoms with Crippen LogP contribution in [-0.2, 0) is 0 Å². The van der Waals surface area contributed by atoms with E-state index in [1.165, 1.54) is 0 Å². The molecule has 0 saturated carbocycles. The summed E-state index contributed by atoms with van der Waals surface area (Å²) in [6, 6.07) is 21.7. The van der Waals surface area contributed by atoms with Crippen molar-refractivity contribution in [2.75, 3.05) is 33.9 Å². The van der Waals surface area contributed by atoms with Gasteiger partial charge in [0.05, 0.1) is 11.4 Å². The van der Waals surface area contributed by atoms with E-state index in [-0.39, 0.29) is 11.9 Å². The molecule has 1 saturated heterocycles. The maximum atomic E-state index is 12.6. The standard InChI is InChI=1S/C24H23BrN4O2/c25-18-8-10-19(11-9-18)27-24(31)28-21-16-20(12-13-22(21)29-14-4-5-15-29)26-23(30)17-6-2-1-3-7-17/h1-3,6-13,16H,4-5,14-15H2,(H,26,30)(H2,27,28,31). The van der Waals surface area contributed by atoms with E-state index in [4.69, 9.17) is 0 Å². The van der Waals surface area contributed by atoms with Crippen LogP contribution in [0.1, 0.15) is 23.2 Å². The number of hydrogen-bond donors (Lipinski definition) is 3. The summed E-state index contributed by atoms with van der Waals surface area (Å²) in [4.78, 5) is 27.4. The maximum Gasteiger partial charge on any atom is 0.323 e. The number of rotatable bonds is 5. The molecule has 0 aromatic heterocycles. The Hall–Kier alpha value is -3.32. The summed E-state index contributed by atoms with van der Waals surface area (Å²) in [5.74, 6) is -0.195. The summed E-state index contributed by atoms with van der Waals surface area (Å²) in [7, 11) is 0. The van der Waals surface area contributed by atoms with E-state index < -0.39 is 0 Å². The van der Waals surface area contributed by atoms with E-state index in [1.807, 2.05) is 54.6 Å². The third kappa shape index (κ3) is 5.44. The lowest BCUT2D eigenvalue weighted by Gasteiger charge is -2.22. The minimum absolute atomic E-state index is 0.195. The smallest absolute Gasteiger partial charge is 0.323 e. The van der Waals surface area contributed by atoms with Crippen molar-refractivity contribution >= 4 is 50.6 Å². The Morgan fingerprint density at radius 3 is 2.16 bits per heavy atom. The highest BCUT2D eigenvalue weighted by Crippen LogP contribution is 2.32. The average molecular weight is 479 g/mol. The van der Waals surface area contributed by atoms with E-state index in [1.54, 1.807) is 18.2 Å². The number of benzene rings is 3. The van der Waals surface area contributed by atoms with Crippen LogP contribution in [0.3, 0.4) is 0 Å². The fraction of sp³-hybridized carbons (Fsp3) is 0.167. The lowest BCUT2D eigenvalue weighted by molar-refractivity contribution is 0.102. The number of carbonyl (C=O) groups is 2. The molecule has 3 aromatic carbocycles. The molecule has 31 heavy (non-hydrogen) atoms. The zero-order chi connectivity index (χ0) is 21.6. The van der Waals surface area contributed by atoms with Crippen molar-refractivity contribution in [2.24, 2.45) is 0 Å². The van der Waals surface area contributed by atoms with Crippen LogP contribution in [0.15, 0.2) is 77.3 Å². The van der Waals surface area contributed by atoms with Gasteiger partial charge in [-0.05, 0) is 67.4 Å². The van der Waals surface area contributed by atoms with E-state index in [9.17, 15) is 9.59 Å². The van der Waals surface area contributed by atoms with Gasteiger partial charge in [0.2, 0.25) is 0 Å². The molecule has 0 aliphatic carbocycles. The van der Waals surface area contributed by atoms with E-state index in [0.717, 1.165) is 36.1 Å². The third-order valence-electron chi connectivity index (χ3n) is 5.09. The van der Waals surface area contributed by atoms with Crippen molar-refractivity contribution in [2.45, 2.75) is 12.8 Å². The number of hydrogen-bond acceptors (Lipinski definition) is 3. The molecule has 0 radical (unpaired) electrons. The Morgan fingerprint density at radius 1 is 0.774 bits per heavy atom. The van der Waals surface area contributed by atoms with Crippen LogP contribution < -0.4 is 20.9 Å². The first-order valence-corrected chi connectivity index (χ1v) is 11.0. The second-order valence-electron chi connectivity index (χ2n) is 7.33. The van der Waals surface area contributed by atoms with Crippen LogP contribution in [0, 0.1) is 0 Å². The third-order valence-corrected chi connectivity index (χ3v) is 5.62. The number of anilines is 4. The minimum atomic E-state index is -0.339. The highest BCUT2D eigenvalue weighted by atomic mass is 79.9.